The lowest BCUT2D eigenvalue weighted by atomic mass is 10.1. The molecule has 0 atom stereocenters. The third-order valence-electron chi connectivity index (χ3n) is 8.75. The molecular formula is C38H21Cl3N12O. The predicted octanol–water partition coefficient (Wildman–Crippen LogP) is 9.45. The Balaban J connectivity index is 0.000000142. The quantitative estimate of drug-likeness (QED) is 0.113. The average Bonchev–Trinajstić information content (AvgIpc) is 3.75. The van der Waals surface area contributed by atoms with Gasteiger partial charge in [-0.05, 0) is 48.5 Å². The Labute approximate surface area is 320 Å². The summed E-state index contributed by atoms with van der Waals surface area (Å²) in [5.41, 5.74) is 9.37. The number of fused-ring (bicyclic) bond motifs is 10. The van der Waals surface area contributed by atoms with Crippen molar-refractivity contribution in [2.75, 3.05) is 10.6 Å². The summed E-state index contributed by atoms with van der Waals surface area (Å²) in [6.45, 7) is 0. The van der Waals surface area contributed by atoms with Crippen molar-refractivity contribution in [2.24, 2.45) is 0 Å². The summed E-state index contributed by atoms with van der Waals surface area (Å²) in [5, 5.41) is 27.4. The van der Waals surface area contributed by atoms with Gasteiger partial charge >= 0.3 is 0 Å². The summed E-state index contributed by atoms with van der Waals surface area (Å²) in [5.74, 6) is 2.26. The van der Waals surface area contributed by atoms with E-state index in [1.807, 2.05) is 36.4 Å². The first-order chi connectivity index (χ1) is 26.4. The van der Waals surface area contributed by atoms with Crippen molar-refractivity contribution in [3.63, 3.8) is 0 Å². The standard InChI is InChI=1S/C19H11Cl2N5O.C19H10ClN7/c20-9-6-12(21)15(14(27)7-9)19-25-16-10-3-5-22-8-13(10)24-18-11(17(16)26-19)2-1-4-23-18;20-13-8-23-7-10(6-21)15(13)19-26-16-11-3-5-22-9-14(11)25-18-12(17(16)27-19)2-1-4-24-18/h1-8,27H,(H,23,24)(H,25,26);1-5,7-9H,(H,24,25)(H,26,27). The van der Waals surface area contributed by atoms with Gasteiger partial charge in [0.15, 0.2) is 0 Å². The number of anilines is 4. The van der Waals surface area contributed by atoms with Crippen molar-refractivity contribution in [3.8, 4) is 79.6 Å². The zero-order chi connectivity index (χ0) is 36.9. The Bertz CT molecular complexity index is 2680. The number of nitrogens with zero attached hydrogens (tertiary/aromatic N) is 8. The maximum absolute atomic E-state index is 10.4. The highest BCUT2D eigenvalue weighted by Gasteiger charge is 2.27. The van der Waals surface area contributed by atoms with E-state index in [1.165, 1.54) is 18.5 Å². The normalized spacial score (nSPS) is 11.6. The third kappa shape index (κ3) is 5.62. The van der Waals surface area contributed by atoms with Gasteiger partial charge in [-0.25, -0.2) is 19.9 Å². The van der Waals surface area contributed by atoms with Crippen LogP contribution in [0.5, 0.6) is 5.75 Å². The molecule has 54 heavy (non-hydrogen) atoms. The number of hydrogen-bond donors (Lipinski definition) is 5. The Kier molecular flexibility index (Phi) is 8.12. The van der Waals surface area contributed by atoms with E-state index in [-0.39, 0.29) is 5.75 Å². The first kappa shape index (κ1) is 33.0. The van der Waals surface area contributed by atoms with Gasteiger partial charge in [0.05, 0.1) is 61.9 Å². The third-order valence-corrected chi connectivity index (χ3v) is 9.55. The summed E-state index contributed by atoms with van der Waals surface area (Å²) in [6.07, 6.45) is 13.3. The second kappa shape index (κ2) is 13.3. The number of imidazole rings is 2. The van der Waals surface area contributed by atoms with Gasteiger partial charge in [0.25, 0.3) is 0 Å². The minimum absolute atomic E-state index is 0.0455. The van der Waals surface area contributed by atoms with Gasteiger partial charge in [0.2, 0.25) is 0 Å². The maximum atomic E-state index is 10.4. The number of aromatic amines is 2. The molecule has 16 heteroatoms. The number of benzene rings is 1. The van der Waals surface area contributed by atoms with Crippen LogP contribution in [0.3, 0.4) is 0 Å². The lowest BCUT2D eigenvalue weighted by Gasteiger charge is -2.08. The van der Waals surface area contributed by atoms with Gasteiger partial charge in [-0.2, -0.15) is 5.26 Å². The molecule has 0 saturated carbocycles. The SMILES string of the molecule is N#Cc1cncc(Cl)c1-c1nc2c([nH]1)-c1ccncc1Nc1ncccc1-2.Oc1cc(Cl)cc(Cl)c1-c1nc2c([nH]1)-c1ccncc1Nc1ncccc1-2. The van der Waals surface area contributed by atoms with Gasteiger partial charge in [0, 0.05) is 64.5 Å². The summed E-state index contributed by atoms with van der Waals surface area (Å²) in [7, 11) is 0. The molecule has 8 aromatic rings. The molecule has 2 aliphatic heterocycles. The second-order valence-corrected chi connectivity index (χ2v) is 13.2. The van der Waals surface area contributed by atoms with E-state index in [4.69, 9.17) is 44.8 Å². The minimum atomic E-state index is -0.0455. The molecule has 13 nitrogen and oxygen atoms in total. The average molecular weight is 768 g/mol. The number of aromatic hydroxyl groups is 1. The molecule has 0 unspecified atom stereocenters. The Morgan fingerprint density at radius 1 is 0.611 bits per heavy atom. The number of aromatic nitrogens is 9. The van der Waals surface area contributed by atoms with Crippen molar-refractivity contribution < 1.29 is 5.11 Å². The molecule has 0 fully saturated rings. The van der Waals surface area contributed by atoms with E-state index in [0.29, 0.717) is 60.7 Å². The van der Waals surface area contributed by atoms with Crippen LogP contribution < -0.4 is 10.6 Å². The van der Waals surface area contributed by atoms with Crippen LogP contribution in [0.4, 0.5) is 23.0 Å². The van der Waals surface area contributed by atoms with Crippen molar-refractivity contribution in [2.45, 2.75) is 0 Å². The molecule has 0 aliphatic carbocycles. The number of phenols is 1. The fourth-order valence-electron chi connectivity index (χ4n) is 6.39. The van der Waals surface area contributed by atoms with Crippen LogP contribution in [-0.2, 0) is 0 Å². The largest absolute Gasteiger partial charge is 0.507 e. The number of rotatable bonds is 2. The number of halogens is 3. The van der Waals surface area contributed by atoms with Crippen LogP contribution in [0.2, 0.25) is 15.1 Å². The monoisotopic (exact) mass is 766 g/mol. The van der Waals surface area contributed by atoms with Crippen LogP contribution in [0.25, 0.3) is 67.8 Å². The maximum Gasteiger partial charge on any atom is 0.143 e. The van der Waals surface area contributed by atoms with E-state index in [1.54, 1.807) is 43.2 Å². The first-order valence-electron chi connectivity index (χ1n) is 16.1. The highest BCUT2D eigenvalue weighted by atomic mass is 35.5. The van der Waals surface area contributed by atoms with Crippen molar-refractivity contribution >= 4 is 57.8 Å². The Morgan fingerprint density at radius 3 is 1.74 bits per heavy atom. The minimum Gasteiger partial charge on any atom is -0.507 e. The second-order valence-electron chi connectivity index (χ2n) is 11.9. The van der Waals surface area contributed by atoms with Gasteiger partial charge in [-0.15, -0.1) is 0 Å². The molecule has 260 valence electrons. The lowest BCUT2D eigenvalue weighted by molar-refractivity contribution is 0.477. The van der Waals surface area contributed by atoms with E-state index in [2.05, 4.69) is 51.6 Å². The van der Waals surface area contributed by atoms with E-state index in [0.717, 1.165) is 50.7 Å². The number of H-pyrrole nitrogens is 2. The molecule has 9 heterocycles. The van der Waals surface area contributed by atoms with Gasteiger partial charge in [0.1, 0.15) is 46.5 Å². The van der Waals surface area contributed by atoms with Crippen LogP contribution in [0.1, 0.15) is 5.56 Å². The highest BCUT2D eigenvalue weighted by molar-refractivity contribution is 6.37. The summed E-state index contributed by atoms with van der Waals surface area (Å²) >= 11 is 18.6. The fraction of sp³-hybridized carbons (Fsp3) is 0. The predicted molar refractivity (Wildman–Crippen MR) is 207 cm³/mol. The van der Waals surface area contributed by atoms with Crippen LogP contribution in [-0.4, -0.2) is 50.0 Å². The Morgan fingerprint density at radius 2 is 1.19 bits per heavy atom. The molecular weight excluding hydrogens is 747 g/mol. The van der Waals surface area contributed by atoms with Gasteiger partial charge in [-0.1, -0.05) is 34.8 Å². The molecule has 0 radical (unpaired) electrons. The zero-order valence-electron chi connectivity index (χ0n) is 27.4. The molecule has 10 rings (SSSR count). The number of nitrogens with one attached hydrogen (secondary N) is 4. The molecule has 5 N–H and O–H groups in total. The smallest absolute Gasteiger partial charge is 0.143 e. The molecule has 0 spiro atoms. The van der Waals surface area contributed by atoms with Crippen molar-refractivity contribution in [1.82, 2.24) is 44.9 Å². The molecule has 0 saturated heterocycles. The lowest BCUT2D eigenvalue weighted by Crippen LogP contribution is -1.96. The fourth-order valence-corrected chi connectivity index (χ4v) is 7.21. The highest BCUT2D eigenvalue weighted by Crippen LogP contribution is 2.46. The number of nitriles is 1. The molecule has 0 amide bonds. The first-order valence-corrected chi connectivity index (χ1v) is 17.3. The van der Waals surface area contributed by atoms with Gasteiger partial charge < -0.3 is 25.7 Å². The van der Waals surface area contributed by atoms with Crippen LogP contribution in [0.15, 0.2) is 98.1 Å². The van der Waals surface area contributed by atoms with Crippen molar-refractivity contribution in [3.05, 3.63) is 119 Å². The van der Waals surface area contributed by atoms with Crippen LogP contribution >= 0.6 is 34.8 Å². The molecule has 2 aliphatic rings. The number of pyridine rings is 5. The summed E-state index contributed by atoms with van der Waals surface area (Å²) < 4.78 is 0. The van der Waals surface area contributed by atoms with Crippen LogP contribution in [0, 0.1) is 11.3 Å². The van der Waals surface area contributed by atoms with Crippen molar-refractivity contribution in [1.29, 1.82) is 5.26 Å². The topological polar surface area (TPSA) is 190 Å². The molecule has 7 aromatic heterocycles. The van der Waals surface area contributed by atoms with Gasteiger partial charge in [-0.3, -0.25) is 15.0 Å². The Hall–Kier alpha value is -6.85. The molecule has 1 aromatic carbocycles. The number of phenolic OH excluding ortho intramolecular Hbond substituents is 1. The molecule has 0 bridgehead atoms. The van der Waals surface area contributed by atoms with E-state index >= 15 is 0 Å². The van der Waals surface area contributed by atoms with E-state index < -0.39 is 0 Å². The zero-order valence-corrected chi connectivity index (χ0v) is 29.7. The summed E-state index contributed by atoms with van der Waals surface area (Å²) in [4.78, 5) is 37.3. The number of hydrogen-bond acceptors (Lipinski definition) is 11. The van der Waals surface area contributed by atoms with E-state index in [9.17, 15) is 10.4 Å². The summed E-state index contributed by atoms with van der Waals surface area (Å²) in [6, 6.07) is 16.5.